The number of rotatable bonds is 12. The maximum Gasteiger partial charge on any atom is 0.586 e. The molecular formula is C29H45F2N3O5. The van der Waals surface area contributed by atoms with Crippen molar-refractivity contribution in [3.63, 3.8) is 0 Å². The molecule has 1 saturated heterocycles. The summed E-state index contributed by atoms with van der Waals surface area (Å²) in [4.78, 5) is 14.5. The number of nitrogens with two attached hydrogens (primary N) is 1. The summed E-state index contributed by atoms with van der Waals surface area (Å²) < 4.78 is 43.4. The molecule has 10 heteroatoms. The van der Waals surface area contributed by atoms with Gasteiger partial charge in [-0.2, -0.15) is 0 Å². The fourth-order valence-electron chi connectivity index (χ4n) is 7.31. The number of para-hydroxylation sites is 1. The van der Waals surface area contributed by atoms with Crippen LogP contribution in [0.1, 0.15) is 76.2 Å². The van der Waals surface area contributed by atoms with Gasteiger partial charge in [-0.3, -0.25) is 0 Å². The summed E-state index contributed by atoms with van der Waals surface area (Å²) in [7, 11) is 3.52. The van der Waals surface area contributed by atoms with Gasteiger partial charge in [-0.25, -0.2) is 4.79 Å². The van der Waals surface area contributed by atoms with Crippen LogP contribution in [0, 0.1) is 17.8 Å². The minimum atomic E-state index is -3.81. The summed E-state index contributed by atoms with van der Waals surface area (Å²) in [5.74, 6) is -0.0880. The number of urea groups is 1. The van der Waals surface area contributed by atoms with Gasteiger partial charge >= 0.3 is 12.3 Å². The Morgan fingerprint density at radius 2 is 2.00 bits per heavy atom. The molecule has 8 nitrogen and oxygen atoms in total. The first-order valence-corrected chi connectivity index (χ1v) is 14.5. The molecule has 1 aromatic rings. The van der Waals surface area contributed by atoms with E-state index in [0.29, 0.717) is 57.7 Å². The van der Waals surface area contributed by atoms with Gasteiger partial charge in [-0.15, -0.1) is 8.78 Å². The molecule has 2 unspecified atom stereocenters. The molecule has 39 heavy (non-hydrogen) atoms. The molecule has 3 aliphatic rings. The fraction of sp³-hybridized carbons (Fsp3) is 0.759. The smallest absolute Gasteiger partial charge is 0.395 e. The lowest BCUT2D eigenvalue weighted by molar-refractivity contribution is -0.287. The number of likely N-dealkylation sites (tertiary alicyclic amines) is 1. The lowest BCUT2D eigenvalue weighted by Gasteiger charge is -2.51. The topological polar surface area (TPSA) is 106 Å². The number of carbonyl (C=O) groups is 1. The largest absolute Gasteiger partial charge is 0.586 e. The summed E-state index contributed by atoms with van der Waals surface area (Å²) in [5, 5.41) is 16.0. The van der Waals surface area contributed by atoms with Crippen molar-refractivity contribution in [2.45, 2.75) is 88.6 Å². The zero-order valence-corrected chi connectivity index (χ0v) is 23.3. The Morgan fingerprint density at radius 3 is 2.69 bits per heavy atom. The number of nitrogens with one attached hydrogen (secondary N) is 1. The standard InChI is InChI=1S/C29H45F2N3O5/c1-33-19-21(18-20-10-4-3-5-11-20)25-22(13-9-16-34(25)27(32)35)28(36,15-6-7-17-37-2)23-12-8-14-24-26(23)39-29(30,31)38-24/h8,12,14,20-22,25,33,36H,3-7,9-11,13,15-19H2,1-2H3,(H2,32,35)/t21-,22?,25?,28-/m0/s1. The number of hydrogen-bond donors (Lipinski definition) is 3. The van der Waals surface area contributed by atoms with Gasteiger partial charge in [0, 0.05) is 37.8 Å². The lowest BCUT2D eigenvalue weighted by Crippen LogP contribution is -2.60. The summed E-state index contributed by atoms with van der Waals surface area (Å²) in [5.41, 5.74) is 4.68. The van der Waals surface area contributed by atoms with Gasteiger partial charge in [0.05, 0.1) is 5.60 Å². The molecule has 0 spiro atoms. The van der Waals surface area contributed by atoms with E-state index in [4.69, 9.17) is 19.9 Å². The van der Waals surface area contributed by atoms with Crippen LogP contribution in [0.15, 0.2) is 18.2 Å². The molecule has 0 aromatic heterocycles. The predicted octanol–water partition coefficient (Wildman–Crippen LogP) is 4.98. The van der Waals surface area contributed by atoms with Crippen LogP contribution >= 0.6 is 0 Å². The van der Waals surface area contributed by atoms with E-state index in [9.17, 15) is 18.7 Å². The van der Waals surface area contributed by atoms with Crippen molar-refractivity contribution in [1.82, 2.24) is 10.2 Å². The maximum absolute atomic E-state index is 14.2. The Morgan fingerprint density at radius 1 is 1.23 bits per heavy atom. The van der Waals surface area contributed by atoms with E-state index in [0.717, 1.165) is 19.3 Å². The third-order valence-electron chi connectivity index (χ3n) is 8.94. The highest BCUT2D eigenvalue weighted by Gasteiger charge is 2.53. The van der Waals surface area contributed by atoms with Gasteiger partial charge in [-0.1, -0.05) is 44.2 Å². The summed E-state index contributed by atoms with van der Waals surface area (Å²) >= 11 is 0. The van der Waals surface area contributed by atoms with E-state index in [1.807, 2.05) is 7.05 Å². The van der Waals surface area contributed by atoms with Crippen molar-refractivity contribution >= 4 is 6.03 Å². The molecule has 1 aromatic carbocycles. The molecule has 0 radical (unpaired) electrons. The fourth-order valence-corrected chi connectivity index (χ4v) is 7.31. The number of benzene rings is 1. The molecule has 1 saturated carbocycles. The average molecular weight is 554 g/mol. The van der Waals surface area contributed by atoms with E-state index >= 15 is 0 Å². The molecule has 4 N–H and O–H groups in total. The number of alkyl halides is 2. The van der Waals surface area contributed by atoms with Crippen molar-refractivity contribution < 1.29 is 32.9 Å². The molecule has 2 amide bonds. The number of nitrogens with zero attached hydrogens (tertiary/aromatic N) is 1. The third-order valence-corrected chi connectivity index (χ3v) is 8.94. The van der Waals surface area contributed by atoms with Gasteiger partial charge in [0.1, 0.15) is 0 Å². The molecule has 2 fully saturated rings. The Bertz CT molecular complexity index is 961. The van der Waals surface area contributed by atoms with Crippen LogP contribution in [0.5, 0.6) is 11.5 Å². The van der Waals surface area contributed by atoms with Crippen molar-refractivity contribution in [3.8, 4) is 11.5 Å². The number of unbranched alkanes of at least 4 members (excludes halogenated alkanes) is 1. The number of amides is 2. The summed E-state index contributed by atoms with van der Waals surface area (Å²) in [6, 6.07) is 3.80. The lowest BCUT2D eigenvalue weighted by atomic mass is 9.65. The van der Waals surface area contributed by atoms with E-state index < -0.39 is 23.8 Å². The first-order valence-electron chi connectivity index (χ1n) is 14.5. The van der Waals surface area contributed by atoms with Crippen molar-refractivity contribution in [2.24, 2.45) is 23.5 Å². The highest BCUT2D eigenvalue weighted by molar-refractivity contribution is 5.72. The van der Waals surface area contributed by atoms with Crippen LogP contribution in [0.4, 0.5) is 13.6 Å². The van der Waals surface area contributed by atoms with E-state index in [2.05, 4.69) is 5.32 Å². The first kappa shape index (κ1) is 29.8. The second-order valence-corrected chi connectivity index (χ2v) is 11.5. The van der Waals surface area contributed by atoms with Gasteiger partial charge in [-0.05, 0) is 70.0 Å². The van der Waals surface area contributed by atoms with Crippen LogP contribution in [0.25, 0.3) is 0 Å². The maximum atomic E-state index is 14.2. The number of fused-ring (bicyclic) bond motifs is 1. The Kier molecular flexibility index (Phi) is 9.93. The number of hydrogen-bond acceptors (Lipinski definition) is 6. The van der Waals surface area contributed by atoms with Crippen LogP contribution in [0.3, 0.4) is 0 Å². The second-order valence-electron chi connectivity index (χ2n) is 11.5. The first-order chi connectivity index (χ1) is 18.7. The summed E-state index contributed by atoms with van der Waals surface area (Å²) in [6.45, 7) is 1.68. The van der Waals surface area contributed by atoms with Gasteiger partial charge in [0.2, 0.25) is 0 Å². The summed E-state index contributed by atoms with van der Waals surface area (Å²) in [6.07, 6.45) is 5.95. The van der Waals surface area contributed by atoms with Gasteiger partial charge in [0.15, 0.2) is 11.5 Å². The zero-order valence-electron chi connectivity index (χ0n) is 23.3. The van der Waals surface area contributed by atoms with Gasteiger partial charge in [0.25, 0.3) is 0 Å². The van der Waals surface area contributed by atoms with Crippen LogP contribution in [0.2, 0.25) is 0 Å². The normalized spacial score (nSPS) is 25.3. The highest BCUT2D eigenvalue weighted by Crippen LogP contribution is 2.53. The number of carbonyl (C=O) groups excluding carboxylic acids is 1. The Labute approximate surface area is 230 Å². The molecule has 4 atom stereocenters. The number of primary amides is 1. The zero-order chi connectivity index (χ0) is 28.0. The van der Waals surface area contributed by atoms with Crippen molar-refractivity contribution in [1.29, 1.82) is 0 Å². The van der Waals surface area contributed by atoms with Gasteiger partial charge < -0.3 is 35.3 Å². The van der Waals surface area contributed by atoms with Crippen LogP contribution in [-0.2, 0) is 10.3 Å². The molecule has 2 aliphatic heterocycles. The Hall–Kier alpha value is -2.17. The molecule has 1 aliphatic carbocycles. The number of piperidine rings is 1. The SMILES string of the molecule is CNC[C@H](CC1CCCCC1)C1C([C@@](O)(CCCCOC)c2cccc3c2OC(F)(F)O3)CCCN1C(N)=O. The average Bonchev–Trinajstić information content (AvgIpc) is 3.24. The predicted molar refractivity (Wildman–Crippen MR) is 144 cm³/mol. The van der Waals surface area contributed by atoms with Crippen molar-refractivity contribution in [2.75, 3.05) is 33.9 Å². The number of aliphatic hydroxyl groups is 1. The number of halogens is 2. The second kappa shape index (κ2) is 13.0. The minimum Gasteiger partial charge on any atom is -0.395 e. The minimum absolute atomic E-state index is 0.0387. The van der Waals surface area contributed by atoms with E-state index in [1.165, 1.54) is 25.3 Å². The van der Waals surface area contributed by atoms with Crippen LogP contribution < -0.4 is 20.5 Å². The monoisotopic (exact) mass is 553 g/mol. The highest BCUT2D eigenvalue weighted by atomic mass is 19.3. The Balaban J connectivity index is 1.77. The number of methoxy groups -OCH3 is 1. The van der Waals surface area contributed by atoms with E-state index in [1.54, 1.807) is 24.1 Å². The van der Waals surface area contributed by atoms with Crippen LogP contribution in [-0.4, -0.2) is 62.2 Å². The molecule has 4 rings (SSSR count). The number of ether oxygens (including phenoxy) is 3. The molecule has 220 valence electrons. The van der Waals surface area contributed by atoms with E-state index in [-0.39, 0.29) is 29.0 Å². The van der Waals surface area contributed by atoms with Crippen molar-refractivity contribution in [3.05, 3.63) is 23.8 Å². The molecule has 0 bridgehead atoms. The molecular weight excluding hydrogens is 508 g/mol. The third kappa shape index (κ3) is 6.77. The quantitative estimate of drug-likeness (QED) is 0.316. The molecule has 2 heterocycles.